The van der Waals surface area contributed by atoms with Crippen LogP contribution in [-0.2, 0) is 13.5 Å². The lowest BCUT2D eigenvalue weighted by Gasteiger charge is -2.19. The highest BCUT2D eigenvalue weighted by molar-refractivity contribution is 5.99. The highest BCUT2D eigenvalue weighted by Crippen LogP contribution is 2.24. The van der Waals surface area contributed by atoms with Crippen molar-refractivity contribution in [1.82, 2.24) is 25.1 Å². The van der Waals surface area contributed by atoms with Crippen LogP contribution in [0.1, 0.15) is 38.9 Å². The minimum atomic E-state index is -0.353. The fourth-order valence-electron chi connectivity index (χ4n) is 3.58. The number of fused-ring (bicyclic) bond motifs is 1. The van der Waals surface area contributed by atoms with Crippen molar-refractivity contribution in [1.29, 1.82) is 0 Å². The molecule has 1 unspecified atom stereocenters. The highest BCUT2D eigenvalue weighted by Gasteiger charge is 2.21. The lowest BCUT2D eigenvalue weighted by atomic mass is 10.0. The number of carbonyl (C=O) groups is 1. The van der Waals surface area contributed by atoms with Crippen molar-refractivity contribution in [2.75, 3.05) is 0 Å². The minimum Gasteiger partial charge on any atom is -0.350 e. The van der Waals surface area contributed by atoms with Crippen molar-refractivity contribution >= 4 is 16.8 Å². The fourth-order valence-corrected chi connectivity index (χ4v) is 3.58. The normalized spacial score (nSPS) is 12.3. The maximum atomic E-state index is 14.1. The molecular weight excluding hydrogens is 369 g/mol. The number of carbonyl (C=O) groups excluding carboxylic acids is 1. The first kappa shape index (κ1) is 18.9. The SMILES string of the molecule is Cc1cccnc1C(Cc1cnn(C)c1)NC(=O)c1cc2c(F)ccc(C)c2[nH]1. The Balaban J connectivity index is 1.66. The largest absolute Gasteiger partial charge is 0.350 e. The zero-order chi connectivity index (χ0) is 20.5. The molecule has 7 heteroatoms. The number of aromatic amines is 1. The highest BCUT2D eigenvalue weighted by atomic mass is 19.1. The molecule has 1 amide bonds. The molecule has 6 nitrogen and oxygen atoms in total. The van der Waals surface area contributed by atoms with E-state index in [0.29, 0.717) is 23.0 Å². The van der Waals surface area contributed by atoms with Gasteiger partial charge in [0.15, 0.2) is 0 Å². The van der Waals surface area contributed by atoms with Crippen LogP contribution in [0.4, 0.5) is 4.39 Å². The number of benzene rings is 1. The predicted octanol–water partition coefficient (Wildman–Crippen LogP) is 3.77. The summed E-state index contributed by atoms with van der Waals surface area (Å²) in [4.78, 5) is 20.6. The van der Waals surface area contributed by atoms with Crippen molar-refractivity contribution in [3.8, 4) is 0 Å². The van der Waals surface area contributed by atoms with Crippen molar-refractivity contribution in [3.63, 3.8) is 0 Å². The molecule has 0 saturated carbocycles. The summed E-state index contributed by atoms with van der Waals surface area (Å²) in [6, 6.07) is 8.15. The maximum absolute atomic E-state index is 14.1. The number of nitrogens with one attached hydrogen (secondary N) is 2. The number of pyridine rings is 1. The second kappa shape index (κ2) is 7.50. The van der Waals surface area contributed by atoms with E-state index in [0.717, 1.165) is 22.4 Å². The molecule has 1 aromatic carbocycles. The summed E-state index contributed by atoms with van der Waals surface area (Å²) in [6.45, 7) is 3.84. The number of amides is 1. The Morgan fingerprint density at radius 3 is 2.79 bits per heavy atom. The van der Waals surface area contributed by atoms with E-state index in [1.54, 1.807) is 29.2 Å². The third kappa shape index (κ3) is 3.76. The lowest BCUT2D eigenvalue weighted by Crippen LogP contribution is -2.31. The van der Waals surface area contributed by atoms with E-state index in [4.69, 9.17) is 0 Å². The maximum Gasteiger partial charge on any atom is 0.268 e. The van der Waals surface area contributed by atoms with Gasteiger partial charge in [-0.05, 0) is 48.7 Å². The van der Waals surface area contributed by atoms with Gasteiger partial charge >= 0.3 is 0 Å². The average Bonchev–Trinajstić information content (AvgIpc) is 3.32. The third-order valence-corrected chi connectivity index (χ3v) is 5.08. The Morgan fingerprint density at radius 2 is 2.10 bits per heavy atom. The molecule has 148 valence electrons. The second-order valence-electron chi connectivity index (χ2n) is 7.29. The van der Waals surface area contributed by atoms with E-state index in [1.807, 2.05) is 39.2 Å². The Kier molecular flexibility index (Phi) is 4.88. The summed E-state index contributed by atoms with van der Waals surface area (Å²) < 4.78 is 15.9. The quantitative estimate of drug-likeness (QED) is 0.544. The summed E-state index contributed by atoms with van der Waals surface area (Å²) in [6.07, 6.45) is 5.95. The summed E-state index contributed by atoms with van der Waals surface area (Å²) in [5, 5.41) is 7.67. The van der Waals surface area contributed by atoms with Gasteiger partial charge in [-0.3, -0.25) is 14.5 Å². The van der Waals surface area contributed by atoms with Crippen molar-refractivity contribution in [3.05, 3.63) is 82.8 Å². The van der Waals surface area contributed by atoms with E-state index in [1.165, 1.54) is 6.07 Å². The number of hydrogen-bond acceptors (Lipinski definition) is 3. The predicted molar refractivity (Wildman–Crippen MR) is 109 cm³/mol. The molecular formula is C22H22FN5O. The van der Waals surface area contributed by atoms with Gasteiger partial charge in [-0.1, -0.05) is 12.1 Å². The molecule has 3 heterocycles. The summed E-state index contributed by atoms with van der Waals surface area (Å²) in [5.41, 5.74) is 4.60. The molecule has 0 bridgehead atoms. The van der Waals surface area contributed by atoms with E-state index in [-0.39, 0.29) is 17.8 Å². The van der Waals surface area contributed by atoms with Gasteiger partial charge in [0.05, 0.1) is 23.4 Å². The van der Waals surface area contributed by atoms with Crippen molar-refractivity contribution < 1.29 is 9.18 Å². The monoisotopic (exact) mass is 391 g/mol. The lowest BCUT2D eigenvalue weighted by molar-refractivity contribution is 0.0931. The van der Waals surface area contributed by atoms with Gasteiger partial charge < -0.3 is 10.3 Å². The topological polar surface area (TPSA) is 75.6 Å². The zero-order valence-corrected chi connectivity index (χ0v) is 16.5. The molecule has 0 spiro atoms. The number of aromatic nitrogens is 4. The Hall–Kier alpha value is -3.48. The van der Waals surface area contributed by atoms with Gasteiger partial charge in [0.2, 0.25) is 0 Å². The molecule has 29 heavy (non-hydrogen) atoms. The summed E-state index contributed by atoms with van der Waals surface area (Å²) in [5.74, 6) is -0.660. The van der Waals surface area contributed by atoms with Crippen LogP contribution >= 0.6 is 0 Å². The van der Waals surface area contributed by atoms with Crippen LogP contribution in [0, 0.1) is 19.7 Å². The molecule has 4 rings (SSSR count). The van der Waals surface area contributed by atoms with Crippen LogP contribution in [0.15, 0.2) is 48.9 Å². The molecule has 0 fully saturated rings. The number of aryl methyl sites for hydroxylation is 3. The first-order chi connectivity index (χ1) is 13.9. The van der Waals surface area contributed by atoms with Gasteiger partial charge in [-0.25, -0.2) is 4.39 Å². The van der Waals surface area contributed by atoms with Crippen LogP contribution in [0.3, 0.4) is 0 Å². The van der Waals surface area contributed by atoms with E-state index in [9.17, 15) is 9.18 Å². The van der Waals surface area contributed by atoms with Crippen LogP contribution < -0.4 is 5.32 Å². The van der Waals surface area contributed by atoms with Crippen molar-refractivity contribution in [2.45, 2.75) is 26.3 Å². The van der Waals surface area contributed by atoms with Gasteiger partial charge in [0.1, 0.15) is 11.5 Å². The Morgan fingerprint density at radius 1 is 1.28 bits per heavy atom. The third-order valence-electron chi connectivity index (χ3n) is 5.08. The molecule has 0 aliphatic heterocycles. The first-order valence-electron chi connectivity index (χ1n) is 9.40. The number of hydrogen-bond donors (Lipinski definition) is 2. The number of halogens is 1. The van der Waals surface area contributed by atoms with Crippen LogP contribution in [0.2, 0.25) is 0 Å². The number of nitrogens with zero attached hydrogens (tertiary/aromatic N) is 3. The molecule has 0 aliphatic rings. The number of rotatable bonds is 5. The first-order valence-corrected chi connectivity index (χ1v) is 9.40. The van der Waals surface area contributed by atoms with Gasteiger partial charge in [0, 0.05) is 31.2 Å². The van der Waals surface area contributed by atoms with E-state index < -0.39 is 0 Å². The molecule has 2 N–H and O–H groups in total. The second-order valence-corrected chi connectivity index (χ2v) is 7.29. The Bertz CT molecular complexity index is 1150. The summed E-state index contributed by atoms with van der Waals surface area (Å²) in [7, 11) is 1.85. The van der Waals surface area contributed by atoms with Crippen LogP contribution in [0.25, 0.3) is 10.9 Å². The average molecular weight is 391 g/mol. The molecule has 3 aromatic heterocycles. The van der Waals surface area contributed by atoms with E-state index in [2.05, 4.69) is 20.4 Å². The van der Waals surface area contributed by atoms with Gasteiger partial charge in [-0.2, -0.15) is 5.10 Å². The fraction of sp³-hybridized carbons (Fsp3) is 0.227. The molecule has 0 aliphatic carbocycles. The Labute approximate surface area is 167 Å². The van der Waals surface area contributed by atoms with Crippen LogP contribution in [0.5, 0.6) is 0 Å². The molecule has 4 aromatic rings. The molecule has 1 atom stereocenters. The molecule has 0 radical (unpaired) electrons. The minimum absolute atomic E-state index is 0.307. The molecule has 0 saturated heterocycles. The summed E-state index contributed by atoms with van der Waals surface area (Å²) >= 11 is 0. The zero-order valence-electron chi connectivity index (χ0n) is 16.5. The van der Waals surface area contributed by atoms with Crippen LogP contribution in [-0.4, -0.2) is 25.7 Å². The number of H-pyrrole nitrogens is 1. The standard InChI is InChI=1S/C22H22FN5O/c1-13-5-4-8-24-21(13)18(9-15-11-25-28(3)12-15)27-22(29)19-10-16-17(23)7-6-14(2)20(16)26-19/h4-8,10-12,18,26H,9H2,1-3H3,(H,27,29). The smallest absolute Gasteiger partial charge is 0.268 e. The van der Waals surface area contributed by atoms with Crippen molar-refractivity contribution in [2.24, 2.45) is 7.05 Å². The van der Waals surface area contributed by atoms with Gasteiger partial charge in [-0.15, -0.1) is 0 Å². The van der Waals surface area contributed by atoms with E-state index >= 15 is 0 Å². The van der Waals surface area contributed by atoms with Gasteiger partial charge in [0.25, 0.3) is 5.91 Å².